The van der Waals surface area contributed by atoms with Crippen LogP contribution in [-0.4, -0.2) is 35.7 Å². The Hall–Kier alpha value is -1.18. The lowest BCUT2D eigenvalue weighted by Crippen LogP contribution is -2.36. The molecule has 0 aliphatic rings. The van der Waals surface area contributed by atoms with Crippen molar-refractivity contribution in [2.45, 2.75) is 12.6 Å². The summed E-state index contributed by atoms with van der Waals surface area (Å²) in [6, 6.07) is 3.47. The molecule has 8 heteroatoms. The average molecular weight is 360 g/mol. The summed E-state index contributed by atoms with van der Waals surface area (Å²) >= 11 is 3.03. The number of alkyl halides is 6. The zero-order valence-corrected chi connectivity index (χ0v) is 11.7. The van der Waals surface area contributed by atoms with Crippen molar-refractivity contribution in [2.75, 3.05) is 18.4 Å². The molecule has 0 spiro atoms. The number of hydrogen-bond acceptors (Lipinski definition) is 1. The Kier molecular flexibility index (Phi) is 5.91. The highest BCUT2D eigenvalue weighted by atomic mass is 79.9. The summed E-state index contributed by atoms with van der Waals surface area (Å²) in [4.78, 5) is 12.8. The van der Waals surface area contributed by atoms with Crippen molar-refractivity contribution in [2.24, 2.45) is 0 Å². The quantitative estimate of drug-likeness (QED) is 0.578. The molecule has 0 saturated heterocycles. The van der Waals surface area contributed by atoms with Crippen LogP contribution in [0.1, 0.15) is 15.9 Å². The number of carbonyl (C=O) groups is 1. The average Bonchev–Trinajstić information content (AvgIpc) is 2.36. The highest BCUT2D eigenvalue weighted by Crippen LogP contribution is 2.29. The van der Waals surface area contributed by atoms with Gasteiger partial charge in [0, 0.05) is 17.4 Å². The van der Waals surface area contributed by atoms with E-state index in [4.69, 9.17) is 0 Å². The van der Waals surface area contributed by atoms with Crippen LogP contribution in [0.3, 0.4) is 0 Å². The van der Waals surface area contributed by atoms with E-state index in [0.29, 0.717) is 5.33 Å². The topological polar surface area (TPSA) is 20.3 Å². The Morgan fingerprint density at radius 3 is 2.15 bits per heavy atom. The van der Waals surface area contributed by atoms with E-state index >= 15 is 0 Å². The zero-order chi connectivity index (χ0) is 15.3. The van der Waals surface area contributed by atoms with Crippen LogP contribution >= 0.6 is 15.9 Å². The highest BCUT2D eigenvalue weighted by molar-refractivity contribution is 9.09. The summed E-state index contributed by atoms with van der Waals surface area (Å²) in [5, 5.41) is 0.298. The van der Waals surface area contributed by atoms with Crippen molar-refractivity contribution < 1.29 is 26.7 Å². The van der Waals surface area contributed by atoms with Gasteiger partial charge in [-0.05, 0) is 24.3 Å². The largest absolute Gasteiger partial charge is 0.416 e. The van der Waals surface area contributed by atoms with Gasteiger partial charge in [-0.1, -0.05) is 15.9 Å². The second-order valence-corrected chi connectivity index (χ2v) is 4.70. The van der Waals surface area contributed by atoms with Crippen molar-refractivity contribution in [1.29, 1.82) is 0 Å². The minimum atomic E-state index is -4.50. The fourth-order valence-electron chi connectivity index (χ4n) is 1.53. The third-order valence-corrected chi connectivity index (χ3v) is 2.81. The van der Waals surface area contributed by atoms with Gasteiger partial charge in [-0.2, -0.15) is 13.2 Å². The number of halogens is 6. The summed E-state index contributed by atoms with van der Waals surface area (Å²) in [5.74, 6) is -0.724. The molecule has 0 aromatic heterocycles. The first-order valence-corrected chi connectivity index (χ1v) is 6.68. The molecule has 0 saturated carbocycles. The Morgan fingerprint density at radius 1 is 1.20 bits per heavy atom. The molecule has 1 aromatic carbocycles. The molecule has 0 N–H and O–H groups in total. The fraction of sp³-hybridized carbons (Fsp3) is 0.417. The third kappa shape index (κ3) is 4.73. The second-order valence-electron chi connectivity index (χ2n) is 3.91. The lowest BCUT2D eigenvalue weighted by Gasteiger charge is -2.21. The predicted molar refractivity (Wildman–Crippen MR) is 67.1 cm³/mol. The number of nitrogens with zero attached hydrogens (tertiary/aromatic N) is 1. The van der Waals surface area contributed by atoms with Gasteiger partial charge in [0.05, 0.1) is 12.1 Å². The maximum Gasteiger partial charge on any atom is 0.416 e. The van der Waals surface area contributed by atoms with Crippen LogP contribution in [0, 0.1) is 0 Å². The molecule has 0 aliphatic carbocycles. The number of carbonyl (C=O) groups excluding carboxylic acids is 1. The summed E-state index contributed by atoms with van der Waals surface area (Å²) in [7, 11) is 0. The van der Waals surface area contributed by atoms with Gasteiger partial charge >= 0.3 is 6.18 Å². The Morgan fingerprint density at radius 2 is 1.75 bits per heavy atom. The minimum Gasteiger partial charge on any atom is -0.332 e. The van der Waals surface area contributed by atoms with Gasteiger partial charge in [0.25, 0.3) is 12.3 Å². The van der Waals surface area contributed by atoms with Gasteiger partial charge in [0.2, 0.25) is 0 Å². The van der Waals surface area contributed by atoms with Gasteiger partial charge in [0.15, 0.2) is 0 Å². The van der Waals surface area contributed by atoms with Gasteiger partial charge in [-0.15, -0.1) is 0 Å². The van der Waals surface area contributed by atoms with E-state index in [2.05, 4.69) is 15.9 Å². The number of amides is 1. The van der Waals surface area contributed by atoms with Crippen LogP contribution in [0.5, 0.6) is 0 Å². The molecule has 0 unspecified atom stereocenters. The van der Waals surface area contributed by atoms with Gasteiger partial charge in [-0.25, -0.2) is 8.78 Å². The molecule has 0 atom stereocenters. The Labute approximate surface area is 120 Å². The van der Waals surface area contributed by atoms with Gasteiger partial charge < -0.3 is 4.90 Å². The number of rotatable bonds is 5. The van der Waals surface area contributed by atoms with Crippen LogP contribution < -0.4 is 0 Å². The van der Waals surface area contributed by atoms with E-state index in [0.717, 1.165) is 29.2 Å². The molecule has 0 radical (unpaired) electrons. The monoisotopic (exact) mass is 359 g/mol. The van der Waals surface area contributed by atoms with E-state index < -0.39 is 30.6 Å². The first-order valence-electron chi connectivity index (χ1n) is 5.56. The van der Waals surface area contributed by atoms with E-state index in [1.165, 1.54) is 0 Å². The standard InChI is InChI=1S/C12H11BrF5NO/c13-5-6-19(7-10(14)15)11(20)8-1-3-9(4-2-8)12(16,17)18/h1-4,10H,5-7H2. The first-order chi connectivity index (χ1) is 9.25. The van der Waals surface area contributed by atoms with Crippen molar-refractivity contribution in [3.63, 3.8) is 0 Å². The molecule has 1 aromatic rings. The van der Waals surface area contributed by atoms with Crippen molar-refractivity contribution in [3.05, 3.63) is 35.4 Å². The van der Waals surface area contributed by atoms with Crippen LogP contribution in [0.2, 0.25) is 0 Å². The van der Waals surface area contributed by atoms with E-state index in [9.17, 15) is 26.7 Å². The molecule has 1 rings (SSSR count). The van der Waals surface area contributed by atoms with Crippen LogP contribution in [0.25, 0.3) is 0 Å². The molecule has 0 fully saturated rings. The molecule has 0 heterocycles. The SMILES string of the molecule is O=C(c1ccc(C(F)(F)F)cc1)N(CCBr)CC(F)F. The highest BCUT2D eigenvalue weighted by Gasteiger charge is 2.30. The molecular weight excluding hydrogens is 349 g/mol. The smallest absolute Gasteiger partial charge is 0.332 e. The summed E-state index contributed by atoms with van der Waals surface area (Å²) in [6.45, 7) is -0.713. The van der Waals surface area contributed by atoms with Crippen molar-refractivity contribution >= 4 is 21.8 Å². The Balaban J connectivity index is 2.89. The minimum absolute atomic E-state index is 0.0458. The van der Waals surface area contributed by atoms with Crippen molar-refractivity contribution in [1.82, 2.24) is 4.90 Å². The third-order valence-electron chi connectivity index (χ3n) is 2.46. The number of hydrogen-bond donors (Lipinski definition) is 0. The molecule has 20 heavy (non-hydrogen) atoms. The predicted octanol–water partition coefficient (Wildman–Crippen LogP) is 3.81. The molecule has 112 valence electrons. The lowest BCUT2D eigenvalue weighted by atomic mass is 10.1. The maximum atomic E-state index is 12.4. The zero-order valence-electron chi connectivity index (χ0n) is 10.1. The van der Waals surface area contributed by atoms with Crippen molar-refractivity contribution in [3.8, 4) is 0 Å². The summed E-state index contributed by atoms with van der Waals surface area (Å²) in [6.07, 6.45) is -7.20. The van der Waals surface area contributed by atoms with Crippen LogP contribution in [-0.2, 0) is 6.18 Å². The first kappa shape index (κ1) is 16.9. The van der Waals surface area contributed by atoms with Crippen LogP contribution in [0.4, 0.5) is 22.0 Å². The van der Waals surface area contributed by atoms with Gasteiger partial charge in [-0.3, -0.25) is 4.79 Å². The molecule has 2 nitrogen and oxygen atoms in total. The lowest BCUT2D eigenvalue weighted by molar-refractivity contribution is -0.137. The fourth-order valence-corrected chi connectivity index (χ4v) is 1.96. The van der Waals surface area contributed by atoms with Crippen LogP contribution in [0.15, 0.2) is 24.3 Å². The Bertz CT molecular complexity index is 446. The summed E-state index contributed by atoms with van der Waals surface area (Å²) in [5.41, 5.74) is -0.949. The van der Waals surface area contributed by atoms with E-state index in [-0.39, 0.29) is 12.1 Å². The molecule has 0 bridgehead atoms. The normalized spacial score (nSPS) is 11.8. The number of benzene rings is 1. The summed E-state index contributed by atoms with van der Waals surface area (Å²) < 4.78 is 61.8. The molecular formula is C12H11BrF5NO. The maximum absolute atomic E-state index is 12.4. The molecule has 1 amide bonds. The van der Waals surface area contributed by atoms with E-state index in [1.807, 2.05) is 0 Å². The molecule has 0 aliphatic heterocycles. The van der Waals surface area contributed by atoms with E-state index in [1.54, 1.807) is 0 Å². The second kappa shape index (κ2) is 7.01. The van der Waals surface area contributed by atoms with Gasteiger partial charge in [0.1, 0.15) is 0 Å².